The Hall–Kier alpha value is -13.7. The number of benzene rings is 5. The average Bonchev–Trinajstić information content (AvgIpc) is 0.822. The number of imidazole rings is 3. The molecule has 0 aliphatic carbocycles. The van der Waals surface area contributed by atoms with Gasteiger partial charge in [-0.3, -0.25) is 29.0 Å². The van der Waals surface area contributed by atoms with Gasteiger partial charge < -0.3 is 73.7 Å². The summed E-state index contributed by atoms with van der Waals surface area (Å²) < 4.78 is 10.2. The Balaban J connectivity index is 0.000000121. The van der Waals surface area contributed by atoms with Gasteiger partial charge in [0, 0.05) is 155 Å². The van der Waals surface area contributed by atoms with Gasteiger partial charge in [0.05, 0.1) is 83.8 Å². The van der Waals surface area contributed by atoms with E-state index in [-0.39, 0.29) is 46.4 Å². The predicted octanol–water partition coefficient (Wildman–Crippen LogP) is 16.1. The quantitative estimate of drug-likeness (QED) is 0.0364. The molecular weight excluding hydrogens is 1710 g/mol. The standard InChI is InChI=1S/C29H33N7O.C26H33N7O.C25H31N7O.C24H29N7O/c1-18(2)34-12-10-22(11-13-34)36-23(14-20-7-4-6-19(3)26(20)29(36)37)17-35-25-9-5-8-24(30)27(25)28(33-35)21-15-31-32-16-21;1-5-31(25-23-24(28-15-27-23)29-16-30-25)14-21-13-19-8-6-7-18(4)22(19)26(34)33(21)20-9-11-32(12-10-20)17(2)3;1-16(2)31-10-8-19(9-11-31)32-20(12-18-7-5-6-17(3)21(18)25(32)33)13-30(4)24-22-23(27-14-26-22)28-15-29-24;1-15(2)30-9-7-18(8-10-30)31-19(11-17-6-4-5-16(3)20(17)24(31)32)12-25-22-21-23(27-13-26-21)29-14-28-22/h4-9,14-16,18,22H,10-13,17,30H2,1-3H3,(H,31,32);6-8,13,15-17,20H,5,9-12,14H2,1-4H3,(H,27,28,29,30);5-7,12,14-16,19H,8-11,13H2,1-4H3,(H,26,27,28,29);4-6,11,13-15,18H,7-10,12H2,1-3H3,(H2,25,26,27,28,29). The van der Waals surface area contributed by atoms with Crippen molar-refractivity contribution in [1.29, 1.82) is 0 Å². The van der Waals surface area contributed by atoms with Crippen molar-refractivity contribution in [3.8, 4) is 11.3 Å². The van der Waals surface area contributed by atoms with Crippen LogP contribution in [0.2, 0.25) is 0 Å². The van der Waals surface area contributed by atoms with Crippen LogP contribution in [0.1, 0.15) is 183 Å². The van der Waals surface area contributed by atoms with Crippen molar-refractivity contribution in [1.82, 2.24) is 118 Å². The molecule has 4 fully saturated rings. The lowest BCUT2D eigenvalue weighted by molar-refractivity contribution is 0.149. The van der Waals surface area contributed by atoms with E-state index < -0.39 is 0 Å². The molecule has 21 rings (SSSR count). The molecule has 4 saturated heterocycles. The second-order valence-electron chi connectivity index (χ2n) is 38.2. The molecule has 32 nitrogen and oxygen atoms in total. The van der Waals surface area contributed by atoms with Crippen molar-refractivity contribution in [3.05, 3.63) is 252 Å². The normalized spacial score (nSPS) is 15.6. The second kappa shape index (κ2) is 40.1. The van der Waals surface area contributed by atoms with Crippen LogP contribution in [0.5, 0.6) is 0 Å². The molecule has 0 radical (unpaired) electrons. The number of likely N-dealkylation sites (tertiary alicyclic amines) is 4. The van der Waals surface area contributed by atoms with E-state index in [2.05, 4.69) is 205 Å². The van der Waals surface area contributed by atoms with Gasteiger partial charge >= 0.3 is 0 Å². The third kappa shape index (κ3) is 18.7. The monoisotopic (exact) mass is 1830 g/mol. The molecule has 0 saturated carbocycles. The van der Waals surface area contributed by atoms with Crippen molar-refractivity contribution < 1.29 is 0 Å². The summed E-state index contributed by atoms with van der Waals surface area (Å²) in [4.78, 5) is 118. The van der Waals surface area contributed by atoms with Gasteiger partial charge in [0.15, 0.2) is 34.4 Å². The van der Waals surface area contributed by atoms with Crippen LogP contribution in [0.3, 0.4) is 0 Å². The van der Waals surface area contributed by atoms with Gasteiger partial charge in [0.1, 0.15) is 41.2 Å². The van der Waals surface area contributed by atoms with Gasteiger partial charge in [0.25, 0.3) is 22.2 Å². The van der Waals surface area contributed by atoms with Gasteiger partial charge in [-0.2, -0.15) is 10.2 Å². The molecule has 4 aliphatic rings. The maximum absolute atomic E-state index is 14.1. The molecular formula is C104H126N28O4. The van der Waals surface area contributed by atoms with Gasteiger partial charge in [-0.05, 0) is 222 Å². The Morgan fingerprint density at radius 3 is 1.24 bits per heavy atom. The molecule has 16 heterocycles. The predicted molar refractivity (Wildman–Crippen MR) is 544 cm³/mol. The molecule has 0 bridgehead atoms. The van der Waals surface area contributed by atoms with Crippen LogP contribution >= 0.6 is 0 Å². The number of rotatable bonds is 21. The maximum Gasteiger partial charge on any atom is 0.259 e. The minimum atomic E-state index is 0.0969. The van der Waals surface area contributed by atoms with Crippen molar-refractivity contribution in [2.45, 2.75) is 216 Å². The third-order valence-corrected chi connectivity index (χ3v) is 28.6. The minimum Gasteiger partial charge on any atom is -0.398 e. The summed E-state index contributed by atoms with van der Waals surface area (Å²) in [5.74, 6) is 2.27. The number of nitrogens with one attached hydrogen (secondary N) is 5. The first-order chi connectivity index (χ1) is 65.9. The number of H-pyrrole nitrogens is 4. The van der Waals surface area contributed by atoms with E-state index in [0.29, 0.717) is 78.8 Å². The van der Waals surface area contributed by atoms with E-state index in [0.717, 1.165) is 249 Å². The van der Waals surface area contributed by atoms with E-state index in [1.54, 1.807) is 31.5 Å². The number of anilines is 4. The number of aromatic nitrogens is 20. The maximum atomic E-state index is 14.1. The molecule has 4 aliphatic heterocycles. The van der Waals surface area contributed by atoms with Gasteiger partial charge in [-0.1, -0.05) is 78.9 Å². The van der Waals surface area contributed by atoms with Crippen molar-refractivity contribution >= 4 is 111 Å². The zero-order valence-corrected chi connectivity index (χ0v) is 80.6. The molecule has 706 valence electrons. The Morgan fingerprint density at radius 2 is 0.809 bits per heavy atom. The summed E-state index contributed by atoms with van der Waals surface area (Å²) in [5, 5.41) is 23.5. The zero-order valence-electron chi connectivity index (χ0n) is 80.6. The molecule has 0 atom stereocenters. The number of nitrogen functional groups attached to an aromatic ring is 1. The molecule has 0 unspecified atom stereocenters. The molecule has 12 aromatic heterocycles. The minimum absolute atomic E-state index is 0.0969. The molecule has 0 spiro atoms. The first-order valence-electron chi connectivity index (χ1n) is 48.2. The summed E-state index contributed by atoms with van der Waals surface area (Å²) in [5.41, 5.74) is 22.5. The topological polar surface area (TPSA) is 355 Å². The largest absolute Gasteiger partial charge is 0.398 e. The van der Waals surface area contributed by atoms with E-state index in [1.165, 1.54) is 12.7 Å². The number of pyridine rings is 4. The van der Waals surface area contributed by atoms with Crippen LogP contribution in [0.15, 0.2) is 185 Å². The molecule has 32 heteroatoms. The van der Waals surface area contributed by atoms with Crippen molar-refractivity contribution in [3.63, 3.8) is 0 Å². The molecule has 7 N–H and O–H groups in total. The number of hydrogen-bond acceptors (Lipinski definition) is 23. The molecule has 136 heavy (non-hydrogen) atoms. The highest BCUT2D eigenvalue weighted by Crippen LogP contribution is 2.38. The Labute approximate surface area is 789 Å². The van der Waals surface area contributed by atoms with Crippen LogP contribution in [0.4, 0.5) is 23.1 Å². The van der Waals surface area contributed by atoms with E-state index in [4.69, 9.17) is 10.8 Å². The van der Waals surface area contributed by atoms with Crippen LogP contribution in [-0.2, 0) is 26.2 Å². The van der Waals surface area contributed by atoms with Crippen LogP contribution < -0.4 is 43.1 Å². The lowest BCUT2D eigenvalue weighted by atomic mass is 10.00. The molecule has 0 amide bonds. The Kier molecular flexibility index (Phi) is 27.3. The fourth-order valence-electron chi connectivity index (χ4n) is 21.2. The van der Waals surface area contributed by atoms with Gasteiger partial charge in [0.2, 0.25) is 0 Å². The highest BCUT2D eigenvalue weighted by molar-refractivity contribution is 6.02. The summed E-state index contributed by atoms with van der Waals surface area (Å²) in [7, 11) is 2.00. The number of fused-ring (bicyclic) bond motifs is 8. The van der Waals surface area contributed by atoms with Gasteiger partial charge in [-0.25, -0.2) is 44.9 Å². The third-order valence-electron chi connectivity index (χ3n) is 28.6. The highest BCUT2D eigenvalue weighted by Gasteiger charge is 2.33. The number of nitrogens with zero attached hydrogens (tertiary/aromatic N) is 22. The Bertz CT molecular complexity index is 7410. The van der Waals surface area contributed by atoms with Crippen LogP contribution in [0, 0.1) is 27.7 Å². The van der Waals surface area contributed by atoms with E-state index in [1.807, 2.05) is 141 Å². The summed E-state index contributed by atoms with van der Waals surface area (Å²) in [6, 6.07) is 41.8. The molecule has 5 aromatic carbocycles. The highest BCUT2D eigenvalue weighted by atomic mass is 16.1. The zero-order chi connectivity index (χ0) is 94.9. The number of nitrogens with two attached hydrogens (primary N) is 1. The summed E-state index contributed by atoms with van der Waals surface area (Å²) >= 11 is 0. The first kappa shape index (κ1) is 92.7. The summed E-state index contributed by atoms with van der Waals surface area (Å²) in [6.07, 6.45) is 20.8. The lowest BCUT2D eigenvalue weighted by Crippen LogP contribution is -2.42. The SMILES string of the molecule is CCN(Cc1cc2cccc(C)c2c(=O)n1C1CCN(C(C)C)CC1)c1ncnc2nc[nH]c12.Cc1cccc2cc(CN(C)c3ncnc4nc[nH]c34)n(C3CCN(C(C)C)CC3)c(=O)c12.Cc1cccc2cc(CNc3ncnc4nc[nH]c34)n(C3CCN(C(C)C)CC3)c(=O)c12.Cc1cccc2cc(Cn3nc(-c4cn[nH]c4)c4c(N)cccc43)n(C3CCN(C(C)C)CC3)c(=O)c12. The van der Waals surface area contributed by atoms with E-state index in [9.17, 15) is 19.2 Å². The first-order valence-corrected chi connectivity index (χ1v) is 48.2. The number of hydrogen-bond donors (Lipinski definition) is 6. The Morgan fingerprint density at radius 1 is 0.434 bits per heavy atom. The second-order valence-corrected chi connectivity index (χ2v) is 38.2. The number of piperidine rings is 4. The fourth-order valence-corrected chi connectivity index (χ4v) is 21.2. The van der Waals surface area contributed by atoms with Gasteiger partial charge in [-0.15, -0.1) is 0 Å². The lowest BCUT2D eigenvalue weighted by Gasteiger charge is -2.36. The fraction of sp³-hybridized carbons (Fsp3) is 0.413. The number of aryl methyl sites for hydroxylation is 4. The average molecular weight is 1830 g/mol. The van der Waals surface area contributed by atoms with Crippen LogP contribution in [-0.4, -0.2) is 208 Å². The van der Waals surface area contributed by atoms with E-state index >= 15 is 0 Å². The summed E-state index contributed by atoms with van der Waals surface area (Å²) in [6.45, 7) is 39.0. The molecule has 17 aromatic rings. The van der Waals surface area contributed by atoms with Crippen LogP contribution in [0.25, 0.3) is 98.7 Å². The number of aromatic amines is 4. The van der Waals surface area contributed by atoms with Crippen molar-refractivity contribution in [2.24, 2.45) is 0 Å². The van der Waals surface area contributed by atoms with Crippen molar-refractivity contribution in [2.75, 3.05) is 86.8 Å². The smallest absolute Gasteiger partial charge is 0.259 e.